The van der Waals surface area contributed by atoms with Gasteiger partial charge in [0.2, 0.25) is 11.8 Å². The number of nitrogens with one attached hydrogen (secondary N) is 1. The molecule has 1 N–H and O–H groups in total. The molecule has 13 heteroatoms. The number of carbonyl (C=O) groups excluding carboxylic acids is 5. The number of halogens is 1. The number of piperidine rings is 2. The van der Waals surface area contributed by atoms with Crippen molar-refractivity contribution in [2.24, 2.45) is 5.41 Å². The molecule has 1 spiro atoms. The second-order valence-corrected chi connectivity index (χ2v) is 15.8. The summed E-state index contributed by atoms with van der Waals surface area (Å²) in [4.78, 5) is 73.9. The number of benzene rings is 3. The van der Waals surface area contributed by atoms with Crippen LogP contribution in [0.25, 0.3) is 0 Å². The predicted octanol–water partition coefficient (Wildman–Crippen LogP) is 3.95. The average molecular weight is 732 g/mol. The first kappa shape index (κ1) is 33.6. The van der Waals surface area contributed by atoms with Crippen LogP contribution in [0.5, 0.6) is 0 Å². The summed E-state index contributed by atoms with van der Waals surface area (Å²) in [6.45, 7) is 6.34. The molecule has 4 fully saturated rings. The van der Waals surface area contributed by atoms with Crippen LogP contribution < -0.4 is 15.1 Å². The van der Waals surface area contributed by atoms with Gasteiger partial charge in [0, 0.05) is 81.8 Å². The molecule has 4 saturated heterocycles. The number of carbonyl (C=O) groups is 5. The van der Waals surface area contributed by atoms with Gasteiger partial charge in [-0.2, -0.15) is 5.26 Å². The standard InChI is InChI=1S/C40H38ClN7O5/c41-33-17-29(6-3-25(33)18-42)45-14-11-40(23-45)9-12-44(13-10-40)28-4-1-24(2-5-28)37(51)47-21-30(22-47)46-19-26-15-31-32(16-27(26)20-46)39(53)48(38(31)52)34-7-8-35(49)43-36(34)50/h1-6,15-17,30,34H,7-14,19-23H2,(H,43,49,50). The van der Waals surface area contributed by atoms with Crippen LogP contribution in [0.15, 0.2) is 54.6 Å². The first-order valence-corrected chi connectivity index (χ1v) is 18.7. The van der Waals surface area contributed by atoms with Gasteiger partial charge < -0.3 is 14.7 Å². The molecule has 3 aromatic carbocycles. The minimum Gasteiger partial charge on any atom is -0.371 e. The molecule has 6 aliphatic heterocycles. The van der Waals surface area contributed by atoms with Gasteiger partial charge >= 0.3 is 0 Å². The van der Waals surface area contributed by atoms with Crippen molar-refractivity contribution in [3.8, 4) is 6.07 Å². The fourth-order valence-electron chi connectivity index (χ4n) is 9.10. The Hall–Kier alpha value is -5.25. The van der Waals surface area contributed by atoms with Crippen molar-refractivity contribution in [3.05, 3.63) is 93.0 Å². The minimum absolute atomic E-state index is 0.0137. The number of nitrogens with zero attached hydrogens (tertiary/aromatic N) is 6. The normalized spacial score (nSPS) is 22.6. The van der Waals surface area contributed by atoms with E-state index in [4.69, 9.17) is 11.6 Å². The van der Waals surface area contributed by atoms with Crippen LogP contribution in [0.1, 0.15) is 79.9 Å². The first-order valence-electron chi connectivity index (χ1n) is 18.3. The van der Waals surface area contributed by atoms with Crippen LogP contribution >= 0.6 is 11.6 Å². The SMILES string of the molecule is N#Cc1ccc(N2CCC3(CCN(c4ccc(C(=O)N5CC(N6Cc7cc8c(cc7C6)C(=O)N(C6CCC(=O)NC6=O)C8=O)C5)cc4)CC3)C2)cc1Cl. The van der Waals surface area contributed by atoms with Crippen LogP contribution in [-0.2, 0) is 22.7 Å². The van der Waals surface area contributed by atoms with E-state index in [-0.39, 0.29) is 30.2 Å². The molecular formula is C40H38ClN7O5. The molecule has 0 bridgehead atoms. The maximum Gasteiger partial charge on any atom is 0.262 e. The number of imide groups is 2. The Morgan fingerprint density at radius 3 is 2.06 bits per heavy atom. The molecule has 5 amide bonds. The van der Waals surface area contributed by atoms with Gasteiger partial charge in [0.05, 0.1) is 21.7 Å². The fourth-order valence-corrected chi connectivity index (χ4v) is 9.31. The summed E-state index contributed by atoms with van der Waals surface area (Å²) in [6.07, 6.45) is 3.54. The molecule has 9 rings (SSSR count). The lowest BCUT2D eigenvalue weighted by Gasteiger charge is -2.44. The largest absolute Gasteiger partial charge is 0.371 e. The Labute approximate surface area is 311 Å². The van der Waals surface area contributed by atoms with E-state index in [1.54, 1.807) is 18.2 Å². The monoisotopic (exact) mass is 731 g/mol. The second kappa shape index (κ2) is 12.7. The Morgan fingerprint density at radius 1 is 0.830 bits per heavy atom. The van der Waals surface area contributed by atoms with Gasteiger partial charge in [-0.15, -0.1) is 0 Å². The summed E-state index contributed by atoms with van der Waals surface area (Å²) in [7, 11) is 0. The molecule has 1 unspecified atom stereocenters. The summed E-state index contributed by atoms with van der Waals surface area (Å²) in [5, 5.41) is 12.0. The van der Waals surface area contributed by atoms with E-state index in [0.717, 1.165) is 72.8 Å². The molecule has 12 nitrogen and oxygen atoms in total. The van der Waals surface area contributed by atoms with Crippen molar-refractivity contribution in [3.63, 3.8) is 0 Å². The number of amides is 5. The van der Waals surface area contributed by atoms with Gasteiger partial charge in [-0.05, 0) is 96.8 Å². The Balaban J connectivity index is 0.767. The summed E-state index contributed by atoms with van der Waals surface area (Å²) < 4.78 is 0. The van der Waals surface area contributed by atoms with E-state index >= 15 is 0 Å². The highest BCUT2D eigenvalue weighted by Gasteiger charge is 2.46. The molecule has 0 aromatic heterocycles. The highest BCUT2D eigenvalue weighted by Crippen LogP contribution is 2.43. The summed E-state index contributed by atoms with van der Waals surface area (Å²) in [6, 6.07) is 18.6. The summed E-state index contributed by atoms with van der Waals surface area (Å²) in [5.41, 5.74) is 6.20. The third-order valence-electron chi connectivity index (χ3n) is 12.4. The number of nitriles is 1. The van der Waals surface area contributed by atoms with Crippen molar-refractivity contribution in [1.29, 1.82) is 5.26 Å². The first-order chi connectivity index (χ1) is 25.6. The van der Waals surface area contributed by atoms with Crippen molar-refractivity contribution in [2.75, 3.05) is 49.1 Å². The van der Waals surface area contributed by atoms with Crippen molar-refractivity contribution >= 4 is 52.5 Å². The molecule has 6 aliphatic rings. The molecule has 0 radical (unpaired) electrons. The highest BCUT2D eigenvalue weighted by molar-refractivity contribution is 6.32. The van der Waals surface area contributed by atoms with Gasteiger partial charge in [0.15, 0.2) is 0 Å². The fraction of sp³-hybridized carbons (Fsp3) is 0.400. The zero-order chi connectivity index (χ0) is 36.6. The third kappa shape index (κ3) is 5.74. The topological polar surface area (TPSA) is 137 Å². The Bertz CT molecular complexity index is 2090. The van der Waals surface area contributed by atoms with Crippen LogP contribution in [-0.4, -0.2) is 95.6 Å². The maximum atomic E-state index is 13.4. The highest BCUT2D eigenvalue weighted by atomic mass is 35.5. The third-order valence-corrected chi connectivity index (χ3v) is 12.7. The number of rotatable bonds is 5. The van der Waals surface area contributed by atoms with Gasteiger partial charge in [-0.25, -0.2) is 0 Å². The van der Waals surface area contributed by atoms with Gasteiger partial charge in [-0.3, -0.25) is 39.1 Å². The quantitative estimate of drug-likeness (QED) is 0.387. The van der Waals surface area contributed by atoms with Crippen LogP contribution in [0, 0.1) is 16.7 Å². The number of hydrogen-bond acceptors (Lipinski definition) is 9. The lowest BCUT2D eigenvalue weighted by molar-refractivity contribution is -0.136. The van der Waals surface area contributed by atoms with Gasteiger partial charge in [0.1, 0.15) is 12.1 Å². The Kier molecular flexibility index (Phi) is 8.05. The molecule has 6 heterocycles. The van der Waals surface area contributed by atoms with E-state index in [0.29, 0.717) is 53.5 Å². The maximum absolute atomic E-state index is 13.4. The van der Waals surface area contributed by atoms with E-state index in [1.165, 1.54) is 0 Å². The lowest BCUT2D eigenvalue weighted by atomic mass is 9.77. The summed E-state index contributed by atoms with van der Waals surface area (Å²) in [5.74, 6) is -1.99. The number of hydrogen-bond donors (Lipinski definition) is 1. The van der Waals surface area contributed by atoms with E-state index in [9.17, 15) is 29.2 Å². The zero-order valence-electron chi connectivity index (χ0n) is 29.1. The smallest absolute Gasteiger partial charge is 0.262 e. The molecule has 0 saturated carbocycles. The lowest BCUT2D eigenvalue weighted by Crippen LogP contribution is -2.59. The average Bonchev–Trinajstić information content (AvgIpc) is 3.81. The zero-order valence-corrected chi connectivity index (χ0v) is 29.9. The molecule has 0 aliphatic carbocycles. The predicted molar refractivity (Wildman–Crippen MR) is 195 cm³/mol. The van der Waals surface area contributed by atoms with E-state index in [2.05, 4.69) is 38.2 Å². The molecular weight excluding hydrogens is 694 g/mol. The van der Waals surface area contributed by atoms with Crippen LogP contribution in [0.3, 0.4) is 0 Å². The van der Waals surface area contributed by atoms with Gasteiger partial charge in [0.25, 0.3) is 17.7 Å². The molecule has 270 valence electrons. The van der Waals surface area contributed by atoms with Crippen molar-refractivity contribution < 1.29 is 24.0 Å². The molecule has 1 atom stereocenters. The molecule has 3 aromatic rings. The van der Waals surface area contributed by atoms with Gasteiger partial charge in [-0.1, -0.05) is 11.6 Å². The van der Waals surface area contributed by atoms with Crippen LogP contribution in [0.2, 0.25) is 5.02 Å². The number of fused-ring (bicyclic) bond motifs is 2. The van der Waals surface area contributed by atoms with Crippen molar-refractivity contribution in [1.82, 2.24) is 20.0 Å². The second-order valence-electron chi connectivity index (χ2n) is 15.4. The Morgan fingerprint density at radius 2 is 1.45 bits per heavy atom. The van der Waals surface area contributed by atoms with E-state index < -0.39 is 29.7 Å². The molecule has 53 heavy (non-hydrogen) atoms. The van der Waals surface area contributed by atoms with E-state index in [1.807, 2.05) is 29.2 Å². The number of likely N-dealkylation sites (tertiary alicyclic amines) is 1. The summed E-state index contributed by atoms with van der Waals surface area (Å²) >= 11 is 6.32. The number of anilines is 2. The van der Waals surface area contributed by atoms with Crippen LogP contribution in [0.4, 0.5) is 11.4 Å². The van der Waals surface area contributed by atoms with Crippen molar-refractivity contribution in [2.45, 2.75) is 57.3 Å². The minimum atomic E-state index is -0.981.